The fourth-order valence-electron chi connectivity index (χ4n) is 2.40. The van der Waals surface area contributed by atoms with Gasteiger partial charge in [0, 0.05) is 11.2 Å². The third kappa shape index (κ3) is 3.53. The summed E-state index contributed by atoms with van der Waals surface area (Å²) in [6.07, 6.45) is 0.318. The number of hydrogen-bond acceptors (Lipinski definition) is 6. The van der Waals surface area contributed by atoms with Crippen LogP contribution in [0, 0.1) is 0 Å². The summed E-state index contributed by atoms with van der Waals surface area (Å²) in [5.74, 6) is -0.622. The first-order chi connectivity index (χ1) is 12.0. The molecule has 0 bridgehead atoms. The van der Waals surface area contributed by atoms with E-state index in [1.807, 2.05) is 18.2 Å². The van der Waals surface area contributed by atoms with E-state index in [4.69, 9.17) is 4.74 Å². The van der Waals surface area contributed by atoms with Crippen molar-refractivity contribution >= 4 is 26.7 Å². The number of hydrogen-bond donors (Lipinski definition) is 0. The number of rotatable bonds is 5. The Balaban J connectivity index is 2.15. The quantitative estimate of drug-likeness (QED) is 0.655. The monoisotopic (exact) mass is 358 g/mol. The van der Waals surface area contributed by atoms with E-state index in [-0.39, 0.29) is 6.61 Å². The van der Waals surface area contributed by atoms with Gasteiger partial charge in [-0.1, -0.05) is 35.5 Å². The van der Waals surface area contributed by atoms with Crippen LogP contribution in [0.15, 0.2) is 63.9 Å². The number of aromatic nitrogens is 3. The van der Waals surface area contributed by atoms with Crippen LogP contribution >= 0.6 is 0 Å². The number of ether oxygens (including phenoxy) is 1. The fourth-order valence-corrected chi connectivity index (χ4v) is 3.74. The molecule has 0 aliphatic carbocycles. The molecule has 0 N–H and O–H groups in total. The Labute approximate surface area is 145 Å². The van der Waals surface area contributed by atoms with Gasteiger partial charge in [0.25, 0.3) is 0 Å². The first kappa shape index (κ1) is 17.1. The molecule has 8 heteroatoms. The van der Waals surface area contributed by atoms with Gasteiger partial charge < -0.3 is 4.74 Å². The second-order valence-corrected chi connectivity index (χ2v) is 7.66. The van der Waals surface area contributed by atoms with Crippen molar-refractivity contribution in [2.45, 2.75) is 18.0 Å². The predicted molar refractivity (Wildman–Crippen MR) is 94.4 cm³/mol. The number of carbonyl (C=O) groups is 1. The summed E-state index contributed by atoms with van der Waals surface area (Å²) in [4.78, 5) is 13.0. The zero-order valence-corrected chi connectivity index (χ0v) is 14.7. The van der Waals surface area contributed by atoms with Crippen LogP contribution in [-0.4, -0.2) is 38.0 Å². The average molecular weight is 358 g/mol. The maximum absolute atomic E-state index is 13.1. The Kier molecular flexibility index (Phi) is 4.80. The van der Waals surface area contributed by atoms with Gasteiger partial charge in [0.15, 0.2) is 0 Å². The summed E-state index contributed by atoms with van der Waals surface area (Å²) in [5.41, 5.74) is 1.24. The van der Waals surface area contributed by atoms with Gasteiger partial charge in [-0.05, 0) is 31.2 Å². The van der Waals surface area contributed by atoms with Gasteiger partial charge in [0.2, 0.25) is 6.17 Å². The molecular weight excluding hydrogens is 340 g/mol. The lowest BCUT2D eigenvalue weighted by atomic mass is 10.3. The molecule has 0 amide bonds. The van der Waals surface area contributed by atoms with Crippen LogP contribution in [0.25, 0.3) is 11.0 Å². The normalized spacial score (nSPS) is 14.6. The van der Waals surface area contributed by atoms with Crippen LogP contribution in [0.5, 0.6) is 0 Å². The van der Waals surface area contributed by atoms with Crippen molar-refractivity contribution in [1.29, 1.82) is 0 Å². The van der Waals surface area contributed by atoms with Crippen molar-refractivity contribution < 1.29 is 13.7 Å². The number of nitrogens with zero attached hydrogens (tertiary/aromatic N) is 4. The van der Waals surface area contributed by atoms with Crippen LogP contribution in [0.3, 0.4) is 0 Å². The molecule has 2 aromatic carbocycles. The summed E-state index contributed by atoms with van der Waals surface area (Å²) < 4.78 is 23.9. The Morgan fingerprint density at radius 2 is 1.88 bits per heavy atom. The molecule has 25 heavy (non-hydrogen) atoms. The highest BCUT2D eigenvalue weighted by atomic mass is 32.2. The Morgan fingerprint density at radius 1 is 1.20 bits per heavy atom. The highest BCUT2D eigenvalue weighted by Gasteiger charge is 2.26. The van der Waals surface area contributed by atoms with Crippen LogP contribution in [0.2, 0.25) is 0 Å². The number of para-hydroxylation sites is 1. The minimum atomic E-state index is -2.83. The van der Waals surface area contributed by atoms with Gasteiger partial charge in [-0.2, -0.15) is 4.36 Å². The van der Waals surface area contributed by atoms with E-state index >= 15 is 0 Å². The number of benzene rings is 2. The molecule has 0 aliphatic heterocycles. The third-order valence-electron chi connectivity index (χ3n) is 3.59. The minimum Gasteiger partial charge on any atom is -0.463 e. The lowest BCUT2D eigenvalue weighted by Crippen LogP contribution is -2.23. The first-order valence-corrected chi connectivity index (χ1v) is 9.68. The minimum absolute atomic E-state index is 0.188. The van der Waals surface area contributed by atoms with Crippen molar-refractivity contribution in [3.8, 4) is 0 Å². The third-order valence-corrected chi connectivity index (χ3v) is 5.34. The van der Waals surface area contributed by atoms with E-state index in [9.17, 15) is 9.00 Å². The lowest BCUT2D eigenvalue weighted by molar-refractivity contribution is -0.147. The maximum atomic E-state index is 13.1. The van der Waals surface area contributed by atoms with Crippen molar-refractivity contribution in [1.82, 2.24) is 15.0 Å². The van der Waals surface area contributed by atoms with E-state index in [1.165, 1.54) is 10.9 Å². The van der Waals surface area contributed by atoms with Crippen LogP contribution in [0.1, 0.15) is 13.1 Å². The molecule has 0 aliphatic rings. The zero-order chi connectivity index (χ0) is 17.9. The molecule has 0 saturated carbocycles. The number of esters is 1. The second-order valence-electron chi connectivity index (χ2n) is 5.37. The highest BCUT2D eigenvalue weighted by Crippen LogP contribution is 2.22. The molecule has 7 nitrogen and oxygen atoms in total. The molecule has 3 rings (SSSR count). The fraction of sp³-hybridized carbons (Fsp3) is 0.235. The van der Waals surface area contributed by atoms with E-state index in [0.29, 0.717) is 15.9 Å². The van der Waals surface area contributed by atoms with Crippen LogP contribution in [0.4, 0.5) is 0 Å². The Morgan fingerprint density at radius 3 is 2.60 bits per heavy atom. The SMILES string of the molecule is CCOC(=O)C(N=S(C)(=O)c1ccccc1)n1nnc2ccccc21. The van der Waals surface area contributed by atoms with E-state index < -0.39 is 21.9 Å². The largest absolute Gasteiger partial charge is 0.463 e. The molecule has 3 aromatic rings. The summed E-state index contributed by atoms with van der Waals surface area (Å²) in [5, 5.41) is 8.06. The topological polar surface area (TPSA) is 86.4 Å². The molecule has 1 heterocycles. The average Bonchev–Trinajstić information content (AvgIpc) is 3.04. The lowest BCUT2D eigenvalue weighted by Gasteiger charge is -2.14. The first-order valence-electron chi connectivity index (χ1n) is 7.76. The summed E-state index contributed by atoms with van der Waals surface area (Å²) in [6.45, 7) is 1.89. The molecular formula is C17H18N4O3S. The van der Waals surface area contributed by atoms with E-state index in [2.05, 4.69) is 14.7 Å². The second kappa shape index (κ2) is 7.02. The molecule has 0 fully saturated rings. The number of carbonyl (C=O) groups excluding carboxylic acids is 1. The van der Waals surface area contributed by atoms with Gasteiger partial charge in [0.1, 0.15) is 5.52 Å². The van der Waals surface area contributed by atoms with E-state index in [0.717, 1.165) is 0 Å². The van der Waals surface area contributed by atoms with Crippen molar-refractivity contribution in [3.63, 3.8) is 0 Å². The van der Waals surface area contributed by atoms with Crippen molar-refractivity contribution in [2.75, 3.05) is 12.9 Å². The molecule has 130 valence electrons. The highest BCUT2D eigenvalue weighted by molar-refractivity contribution is 7.93. The summed E-state index contributed by atoms with van der Waals surface area (Å²) in [6, 6.07) is 16.0. The maximum Gasteiger partial charge on any atom is 0.354 e. The Bertz CT molecular complexity index is 1010. The molecule has 2 unspecified atom stereocenters. The summed E-state index contributed by atoms with van der Waals surface area (Å²) >= 11 is 0. The smallest absolute Gasteiger partial charge is 0.354 e. The zero-order valence-electron chi connectivity index (χ0n) is 13.9. The molecule has 0 radical (unpaired) electrons. The molecule has 0 saturated heterocycles. The predicted octanol–water partition coefficient (Wildman–Crippen LogP) is 2.65. The van der Waals surface area contributed by atoms with Gasteiger partial charge in [-0.25, -0.2) is 13.7 Å². The molecule has 1 aromatic heterocycles. The van der Waals surface area contributed by atoms with Crippen LogP contribution < -0.4 is 0 Å². The number of fused-ring (bicyclic) bond motifs is 1. The van der Waals surface area contributed by atoms with Crippen molar-refractivity contribution in [2.24, 2.45) is 4.36 Å². The molecule has 0 spiro atoms. The van der Waals surface area contributed by atoms with Gasteiger partial charge in [-0.3, -0.25) is 0 Å². The van der Waals surface area contributed by atoms with Gasteiger partial charge in [-0.15, -0.1) is 5.10 Å². The van der Waals surface area contributed by atoms with E-state index in [1.54, 1.807) is 43.3 Å². The van der Waals surface area contributed by atoms with Gasteiger partial charge in [0.05, 0.1) is 21.9 Å². The standard InChI is InChI=1S/C17H18N4O3S/c1-3-24-17(22)16(19-25(2,23)13-9-5-4-6-10-13)21-15-12-8-7-11-14(15)18-20-21/h4-12,16H,3H2,1-2H3. The van der Waals surface area contributed by atoms with Crippen LogP contribution in [-0.2, 0) is 19.3 Å². The molecule has 2 atom stereocenters. The summed E-state index contributed by atoms with van der Waals surface area (Å²) in [7, 11) is -2.83. The van der Waals surface area contributed by atoms with Gasteiger partial charge >= 0.3 is 5.97 Å². The van der Waals surface area contributed by atoms with Crippen molar-refractivity contribution in [3.05, 3.63) is 54.6 Å². The Hall–Kier alpha value is -2.74.